The lowest BCUT2D eigenvalue weighted by molar-refractivity contribution is -0.116. The molecule has 0 bridgehead atoms. The van der Waals surface area contributed by atoms with Crippen molar-refractivity contribution in [1.29, 1.82) is 0 Å². The minimum Gasteiger partial charge on any atom is -0.395 e. The Morgan fingerprint density at radius 1 is 1.50 bits per heavy atom. The van der Waals surface area contributed by atoms with Gasteiger partial charge >= 0.3 is 0 Å². The van der Waals surface area contributed by atoms with E-state index in [1.54, 1.807) is 18.3 Å². The van der Waals surface area contributed by atoms with Gasteiger partial charge in [-0.15, -0.1) is 0 Å². The van der Waals surface area contributed by atoms with Crippen LogP contribution in [0.4, 0.5) is 11.5 Å². The Morgan fingerprint density at radius 3 is 2.88 bits per heavy atom. The molecular formula is C10H16N4O2. The predicted octanol–water partition coefficient (Wildman–Crippen LogP) is -0.227. The summed E-state index contributed by atoms with van der Waals surface area (Å²) < 4.78 is 0. The Labute approximate surface area is 93.9 Å². The van der Waals surface area contributed by atoms with Crippen LogP contribution in [0.3, 0.4) is 0 Å². The Balaban J connectivity index is 2.47. The number of nitrogens with two attached hydrogens (primary N) is 1. The van der Waals surface area contributed by atoms with Gasteiger partial charge in [-0.2, -0.15) is 0 Å². The largest absolute Gasteiger partial charge is 0.395 e. The minimum absolute atomic E-state index is 0.0645. The number of aliphatic hydroxyl groups excluding tert-OH is 1. The first kappa shape index (κ1) is 12.4. The second-order valence-corrected chi connectivity index (χ2v) is 3.17. The minimum atomic E-state index is -0.147. The summed E-state index contributed by atoms with van der Waals surface area (Å²) in [6.45, 7) is 0.859. The summed E-state index contributed by atoms with van der Waals surface area (Å²) in [6.07, 6.45) is 1.87. The molecule has 1 aromatic rings. The van der Waals surface area contributed by atoms with E-state index in [4.69, 9.17) is 10.8 Å². The molecule has 0 aliphatic rings. The third-order valence-corrected chi connectivity index (χ3v) is 1.84. The van der Waals surface area contributed by atoms with Crippen LogP contribution in [0.2, 0.25) is 0 Å². The van der Waals surface area contributed by atoms with Gasteiger partial charge in [0.05, 0.1) is 18.5 Å². The third-order valence-electron chi connectivity index (χ3n) is 1.84. The van der Waals surface area contributed by atoms with Gasteiger partial charge in [-0.25, -0.2) is 4.98 Å². The summed E-state index contributed by atoms with van der Waals surface area (Å²) in [5.74, 6) is 0.346. The number of aromatic nitrogens is 1. The van der Waals surface area contributed by atoms with E-state index in [-0.39, 0.29) is 18.9 Å². The summed E-state index contributed by atoms with van der Waals surface area (Å²) in [6, 6.07) is 3.47. The molecule has 0 saturated carbocycles. The average Bonchev–Trinajstić information content (AvgIpc) is 2.28. The standard InChI is InChI=1S/C10H16N4O2/c11-4-3-10(16)14-9-2-1-8(7-13-9)12-5-6-15/h1-2,7,12,15H,3-6,11H2,(H,13,14,16). The lowest BCUT2D eigenvalue weighted by Crippen LogP contribution is -2.16. The van der Waals surface area contributed by atoms with E-state index in [0.717, 1.165) is 5.69 Å². The van der Waals surface area contributed by atoms with Gasteiger partial charge in [0, 0.05) is 19.5 Å². The summed E-state index contributed by atoms with van der Waals surface area (Å²) in [7, 11) is 0. The molecule has 6 heteroatoms. The topological polar surface area (TPSA) is 100 Å². The van der Waals surface area contributed by atoms with E-state index in [1.807, 2.05) is 0 Å². The number of pyridine rings is 1. The molecule has 1 aromatic heterocycles. The monoisotopic (exact) mass is 224 g/mol. The van der Waals surface area contributed by atoms with E-state index in [0.29, 0.717) is 18.9 Å². The van der Waals surface area contributed by atoms with Gasteiger partial charge < -0.3 is 21.5 Å². The zero-order chi connectivity index (χ0) is 11.8. The first-order chi connectivity index (χ1) is 7.76. The number of hydrogen-bond acceptors (Lipinski definition) is 5. The van der Waals surface area contributed by atoms with E-state index in [9.17, 15) is 4.79 Å². The van der Waals surface area contributed by atoms with Gasteiger partial charge in [0.1, 0.15) is 5.82 Å². The number of anilines is 2. The van der Waals surface area contributed by atoms with E-state index >= 15 is 0 Å². The van der Waals surface area contributed by atoms with Crippen LogP contribution >= 0.6 is 0 Å². The molecule has 0 radical (unpaired) electrons. The van der Waals surface area contributed by atoms with E-state index in [1.165, 1.54) is 0 Å². The van der Waals surface area contributed by atoms with Crippen molar-refractivity contribution in [2.45, 2.75) is 6.42 Å². The van der Waals surface area contributed by atoms with Gasteiger partial charge in [0.25, 0.3) is 0 Å². The van der Waals surface area contributed by atoms with Crippen molar-refractivity contribution >= 4 is 17.4 Å². The van der Waals surface area contributed by atoms with Gasteiger partial charge in [0.2, 0.25) is 5.91 Å². The van der Waals surface area contributed by atoms with Gasteiger partial charge in [0.15, 0.2) is 0 Å². The van der Waals surface area contributed by atoms with Crippen molar-refractivity contribution < 1.29 is 9.90 Å². The summed E-state index contributed by atoms with van der Waals surface area (Å²) in [5, 5.41) is 14.2. The van der Waals surface area contributed by atoms with Gasteiger partial charge in [-0.05, 0) is 12.1 Å². The molecule has 0 aliphatic heterocycles. The highest BCUT2D eigenvalue weighted by molar-refractivity contribution is 5.89. The second kappa shape index (κ2) is 6.76. The molecule has 1 heterocycles. The quantitative estimate of drug-likeness (QED) is 0.535. The van der Waals surface area contributed by atoms with Crippen LogP contribution < -0.4 is 16.4 Å². The zero-order valence-electron chi connectivity index (χ0n) is 8.94. The first-order valence-electron chi connectivity index (χ1n) is 5.07. The molecule has 1 amide bonds. The molecule has 0 spiro atoms. The zero-order valence-corrected chi connectivity index (χ0v) is 8.94. The fourth-order valence-electron chi connectivity index (χ4n) is 1.11. The molecule has 0 aliphatic carbocycles. The number of nitrogens with zero attached hydrogens (tertiary/aromatic N) is 1. The number of nitrogens with one attached hydrogen (secondary N) is 2. The number of amides is 1. The lowest BCUT2D eigenvalue weighted by atomic mass is 10.3. The highest BCUT2D eigenvalue weighted by atomic mass is 16.3. The fraction of sp³-hybridized carbons (Fsp3) is 0.400. The van der Waals surface area contributed by atoms with Crippen LogP contribution in [-0.4, -0.2) is 35.7 Å². The van der Waals surface area contributed by atoms with E-state index in [2.05, 4.69) is 15.6 Å². The molecule has 6 nitrogen and oxygen atoms in total. The maximum Gasteiger partial charge on any atom is 0.226 e. The van der Waals surface area contributed by atoms with Crippen LogP contribution in [0, 0.1) is 0 Å². The van der Waals surface area contributed by atoms with Gasteiger partial charge in [-0.3, -0.25) is 4.79 Å². The maximum atomic E-state index is 11.2. The Bertz CT molecular complexity index is 326. The summed E-state index contributed by atoms with van der Waals surface area (Å²) in [4.78, 5) is 15.2. The third kappa shape index (κ3) is 4.24. The summed E-state index contributed by atoms with van der Waals surface area (Å²) in [5.41, 5.74) is 6.04. The normalized spacial score (nSPS) is 9.88. The molecule has 5 N–H and O–H groups in total. The number of hydrogen-bond donors (Lipinski definition) is 4. The molecule has 0 aromatic carbocycles. The van der Waals surface area contributed by atoms with Crippen molar-refractivity contribution in [1.82, 2.24) is 4.98 Å². The number of carbonyl (C=O) groups excluding carboxylic acids is 1. The Hall–Kier alpha value is -1.66. The van der Waals surface area contributed by atoms with Crippen LogP contribution in [0.1, 0.15) is 6.42 Å². The lowest BCUT2D eigenvalue weighted by Gasteiger charge is -2.06. The molecule has 0 unspecified atom stereocenters. The fourth-order valence-corrected chi connectivity index (χ4v) is 1.11. The first-order valence-corrected chi connectivity index (χ1v) is 5.07. The smallest absolute Gasteiger partial charge is 0.226 e. The van der Waals surface area contributed by atoms with Crippen molar-refractivity contribution in [2.75, 3.05) is 30.3 Å². The predicted molar refractivity (Wildman–Crippen MR) is 62.1 cm³/mol. The van der Waals surface area contributed by atoms with E-state index < -0.39 is 0 Å². The van der Waals surface area contributed by atoms with Crippen LogP contribution in [0.15, 0.2) is 18.3 Å². The molecule has 0 saturated heterocycles. The molecule has 0 fully saturated rings. The van der Waals surface area contributed by atoms with Crippen LogP contribution in [0.5, 0.6) is 0 Å². The van der Waals surface area contributed by atoms with Gasteiger partial charge in [-0.1, -0.05) is 0 Å². The highest BCUT2D eigenvalue weighted by Crippen LogP contribution is 2.09. The van der Waals surface area contributed by atoms with Crippen LogP contribution in [0.25, 0.3) is 0 Å². The van der Waals surface area contributed by atoms with Crippen molar-refractivity contribution in [2.24, 2.45) is 5.73 Å². The highest BCUT2D eigenvalue weighted by Gasteiger charge is 2.01. The Kier molecular flexibility index (Phi) is 5.24. The SMILES string of the molecule is NCCC(=O)Nc1ccc(NCCO)cn1. The molecule has 16 heavy (non-hydrogen) atoms. The maximum absolute atomic E-state index is 11.2. The number of carbonyl (C=O) groups is 1. The van der Waals surface area contributed by atoms with Crippen molar-refractivity contribution in [3.63, 3.8) is 0 Å². The van der Waals surface area contributed by atoms with Crippen molar-refractivity contribution in [3.05, 3.63) is 18.3 Å². The number of rotatable bonds is 6. The average molecular weight is 224 g/mol. The number of aliphatic hydroxyl groups is 1. The van der Waals surface area contributed by atoms with Crippen LogP contribution in [-0.2, 0) is 4.79 Å². The summed E-state index contributed by atoms with van der Waals surface area (Å²) >= 11 is 0. The second-order valence-electron chi connectivity index (χ2n) is 3.17. The van der Waals surface area contributed by atoms with Crippen molar-refractivity contribution in [3.8, 4) is 0 Å². The Morgan fingerprint density at radius 2 is 2.31 bits per heavy atom. The molecule has 0 atom stereocenters. The molecular weight excluding hydrogens is 208 g/mol. The molecule has 88 valence electrons. The molecule has 1 rings (SSSR count).